The first kappa shape index (κ1) is 16.2. The molecular formula is C16H23NO3S. The van der Waals surface area contributed by atoms with Gasteiger partial charge in [-0.1, -0.05) is 37.5 Å². The zero-order valence-electron chi connectivity index (χ0n) is 12.4. The second kappa shape index (κ2) is 7.20. The van der Waals surface area contributed by atoms with Crippen LogP contribution in [-0.4, -0.2) is 27.2 Å². The average molecular weight is 309 g/mol. The minimum Gasteiger partial charge on any atom is -0.392 e. The van der Waals surface area contributed by atoms with Crippen molar-refractivity contribution in [2.24, 2.45) is 5.92 Å². The molecule has 0 radical (unpaired) electrons. The Morgan fingerprint density at radius 1 is 1.24 bits per heavy atom. The fourth-order valence-corrected chi connectivity index (χ4v) is 3.57. The summed E-state index contributed by atoms with van der Waals surface area (Å²) < 4.78 is 25.6. The monoisotopic (exact) mass is 309 g/mol. The van der Waals surface area contributed by atoms with E-state index in [1.807, 2.05) is 6.08 Å². The summed E-state index contributed by atoms with van der Waals surface area (Å²) >= 11 is 0. The molecule has 2 N–H and O–H groups in total. The zero-order valence-corrected chi connectivity index (χ0v) is 13.2. The van der Waals surface area contributed by atoms with Crippen LogP contribution in [0.2, 0.25) is 0 Å². The molecule has 2 rings (SSSR count). The number of aliphatic hydroxyl groups excluding tert-OH is 1. The van der Waals surface area contributed by atoms with E-state index in [9.17, 15) is 13.5 Å². The molecule has 1 fully saturated rings. The van der Waals surface area contributed by atoms with E-state index in [0.29, 0.717) is 5.92 Å². The van der Waals surface area contributed by atoms with Crippen LogP contribution in [0.5, 0.6) is 0 Å². The Morgan fingerprint density at radius 2 is 1.86 bits per heavy atom. The molecule has 0 unspecified atom stereocenters. The van der Waals surface area contributed by atoms with E-state index < -0.39 is 10.0 Å². The maximum Gasteiger partial charge on any atom is 0.240 e. The largest absolute Gasteiger partial charge is 0.392 e. The number of rotatable bonds is 5. The van der Waals surface area contributed by atoms with Crippen LogP contribution in [0.3, 0.4) is 0 Å². The summed E-state index contributed by atoms with van der Waals surface area (Å²) in [6.07, 6.45) is 8.00. The highest BCUT2D eigenvalue weighted by Crippen LogP contribution is 2.30. The first-order chi connectivity index (χ1) is 10.1. The highest BCUT2D eigenvalue weighted by Gasteiger charge is 2.17. The molecule has 0 aliphatic heterocycles. The van der Waals surface area contributed by atoms with Crippen molar-refractivity contribution in [3.05, 3.63) is 35.4 Å². The van der Waals surface area contributed by atoms with Crippen molar-refractivity contribution >= 4 is 16.1 Å². The van der Waals surface area contributed by atoms with Crippen LogP contribution in [0.1, 0.15) is 37.7 Å². The van der Waals surface area contributed by atoms with Crippen LogP contribution in [0.15, 0.2) is 34.7 Å². The molecule has 1 saturated carbocycles. The van der Waals surface area contributed by atoms with Crippen LogP contribution >= 0.6 is 0 Å². The normalized spacial score (nSPS) is 17.9. The number of aliphatic hydroxyl groups is 1. The quantitative estimate of drug-likeness (QED) is 0.878. The highest BCUT2D eigenvalue weighted by atomic mass is 32.2. The van der Waals surface area contributed by atoms with Gasteiger partial charge in [-0.15, -0.1) is 0 Å². The molecule has 0 spiro atoms. The van der Waals surface area contributed by atoms with Gasteiger partial charge in [-0.25, -0.2) is 13.1 Å². The van der Waals surface area contributed by atoms with Gasteiger partial charge in [0.05, 0.1) is 11.5 Å². The van der Waals surface area contributed by atoms with Crippen LogP contribution in [0, 0.1) is 5.92 Å². The van der Waals surface area contributed by atoms with Crippen molar-refractivity contribution in [1.29, 1.82) is 0 Å². The fourth-order valence-electron chi connectivity index (χ4n) is 2.84. The maximum absolute atomic E-state index is 11.7. The summed E-state index contributed by atoms with van der Waals surface area (Å²) in [6, 6.07) is 6.74. The first-order valence-electron chi connectivity index (χ1n) is 7.42. The Balaban J connectivity index is 2.19. The number of nitrogens with one attached hydrogen (secondary N) is 1. The van der Waals surface area contributed by atoms with Gasteiger partial charge in [0, 0.05) is 0 Å². The molecular weight excluding hydrogens is 286 g/mol. The van der Waals surface area contributed by atoms with Crippen LogP contribution in [-0.2, 0) is 10.0 Å². The third-order valence-corrected chi connectivity index (χ3v) is 5.55. The topological polar surface area (TPSA) is 66.4 Å². The lowest BCUT2D eigenvalue weighted by molar-refractivity contribution is 0.295. The van der Waals surface area contributed by atoms with E-state index in [2.05, 4.69) is 4.72 Å². The van der Waals surface area contributed by atoms with Crippen molar-refractivity contribution in [3.63, 3.8) is 0 Å². The molecule has 5 heteroatoms. The van der Waals surface area contributed by atoms with E-state index in [1.54, 1.807) is 24.3 Å². The minimum absolute atomic E-state index is 0.0707. The number of sulfonamides is 1. The van der Waals surface area contributed by atoms with Gasteiger partial charge in [-0.05, 0) is 49.1 Å². The predicted octanol–water partition coefficient (Wildman–Crippen LogP) is 2.55. The van der Waals surface area contributed by atoms with Crippen molar-refractivity contribution in [3.8, 4) is 0 Å². The van der Waals surface area contributed by atoms with E-state index >= 15 is 0 Å². The van der Waals surface area contributed by atoms with Crippen molar-refractivity contribution < 1.29 is 13.5 Å². The summed E-state index contributed by atoms with van der Waals surface area (Å²) in [6.45, 7) is 0.0707. The lowest BCUT2D eigenvalue weighted by atomic mass is 9.83. The van der Waals surface area contributed by atoms with Crippen molar-refractivity contribution in [1.82, 2.24) is 4.72 Å². The van der Waals surface area contributed by atoms with Gasteiger partial charge >= 0.3 is 0 Å². The van der Waals surface area contributed by atoms with Crippen LogP contribution in [0.25, 0.3) is 6.08 Å². The molecule has 0 aromatic heterocycles. The SMILES string of the molecule is CNS(=O)(=O)c1ccc(/C=C(/CO)C2CCCCC2)cc1. The van der Waals surface area contributed by atoms with E-state index in [1.165, 1.54) is 26.3 Å². The summed E-state index contributed by atoms with van der Waals surface area (Å²) in [5.74, 6) is 0.462. The van der Waals surface area contributed by atoms with Gasteiger partial charge in [-0.3, -0.25) is 0 Å². The highest BCUT2D eigenvalue weighted by molar-refractivity contribution is 7.89. The second-order valence-electron chi connectivity index (χ2n) is 5.49. The van der Waals surface area contributed by atoms with Crippen molar-refractivity contribution in [2.45, 2.75) is 37.0 Å². The van der Waals surface area contributed by atoms with Gasteiger partial charge < -0.3 is 5.11 Å². The molecule has 1 aromatic carbocycles. The molecule has 0 saturated heterocycles. The summed E-state index contributed by atoms with van der Waals surface area (Å²) in [4.78, 5) is 0.255. The Labute approximate surface area is 126 Å². The van der Waals surface area contributed by atoms with Gasteiger partial charge in [0.1, 0.15) is 0 Å². The smallest absolute Gasteiger partial charge is 0.240 e. The molecule has 1 aliphatic rings. The Kier molecular flexibility index (Phi) is 5.56. The summed E-state index contributed by atoms with van der Waals surface area (Å²) in [5, 5.41) is 9.59. The predicted molar refractivity (Wildman–Crippen MR) is 84.3 cm³/mol. The Hall–Kier alpha value is -1.17. The minimum atomic E-state index is -3.39. The molecule has 0 heterocycles. The van der Waals surface area contributed by atoms with Gasteiger partial charge in [0.2, 0.25) is 10.0 Å². The lowest BCUT2D eigenvalue weighted by Crippen LogP contribution is -2.18. The lowest BCUT2D eigenvalue weighted by Gasteiger charge is -2.23. The molecule has 4 nitrogen and oxygen atoms in total. The number of hydrogen-bond donors (Lipinski definition) is 2. The summed E-state index contributed by atoms with van der Waals surface area (Å²) in [7, 11) is -1.99. The second-order valence-corrected chi connectivity index (χ2v) is 7.38. The van der Waals surface area contributed by atoms with E-state index in [4.69, 9.17) is 0 Å². The van der Waals surface area contributed by atoms with E-state index in [-0.39, 0.29) is 11.5 Å². The molecule has 1 aromatic rings. The Bertz CT molecular complexity index is 584. The van der Waals surface area contributed by atoms with Gasteiger partial charge in [0.25, 0.3) is 0 Å². The van der Waals surface area contributed by atoms with Crippen molar-refractivity contribution in [2.75, 3.05) is 13.7 Å². The van der Waals surface area contributed by atoms with Gasteiger partial charge in [-0.2, -0.15) is 0 Å². The molecule has 0 atom stereocenters. The third kappa shape index (κ3) is 4.15. The molecule has 1 aliphatic carbocycles. The fraction of sp³-hybridized carbons (Fsp3) is 0.500. The summed E-state index contributed by atoms with van der Waals surface area (Å²) in [5.41, 5.74) is 1.98. The van der Waals surface area contributed by atoms with Gasteiger partial charge in [0.15, 0.2) is 0 Å². The molecule has 0 bridgehead atoms. The molecule has 21 heavy (non-hydrogen) atoms. The molecule has 116 valence electrons. The third-order valence-electron chi connectivity index (χ3n) is 4.12. The standard InChI is InChI=1S/C16H23NO3S/c1-17-21(19,20)16-9-7-13(8-10-16)11-15(12-18)14-5-3-2-4-6-14/h7-11,14,17-18H,2-6,12H2,1H3/b15-11-. The maximum atomic E-state index is 11.7. The Morgan fingerprint density at radius 3 is 2.38 bits per heavy atom. The first-order valence-corrected chi connectivity index (χ1v) is 8.90. The van der Waals surface area contributed by atoms with Crippen LogP contribution in [0.4, 0.5) is 0 Å². The zero-order chi connectivity index (χ0) is 15.3. The van der Waals surface area contributed by atoms with Crippen LogP contribution < -0.4 is 4.72 Å². The average Bonchev–Trinajstić information content (AvgIpc) is 2.54. The number of hydrogen-bond acceptors (Lipinski definition) is 3. The van der Waals surface area contributed by atoms with E-state index in [0.717, 1.165) is 24.0 Å². The number of benzene rings is 1. The molecule has 0 amide bonds.